The molecule has 154 valence electrons. The zero-order chi connectivity index (χ0) is 19.5. The lowest BCUT2D eigenvalue weighted by Gasteiger charge is -2.23. The molecule has 0 aromatic heterocycles. The van der Waals surface area contributed by atoms with Crippen LogP contribution in [0, 0.1) is 29.6 Å². The van der Waals surface area contributed by atoms with Crippen molar-refractivity contribution in [1.29, 1.82) is 0 Å². The van der Waals surface area contributed by atoms with Crippen molar-refractivity contribution >= 4 is 6.09 Å². The highest BCUT2D eigenvalue weighted by Gasteiger charge is 2.49. The molecule has 0 aliphatic heterocycles. The molecular formula is C21H36N2O4. The number of nitrogens with one attached hydrogen (secondary N) is 2. The number of alkyl carbamates (subject to hydrolysis) is 1. The first-order valence-electron chi connectivity index (χ1n) is 10.2. The van der Waals surface area contributed by atoms with E-state index in [0.29, 0.717) is 57.3 Å². The monoisotopic (exact) mass is 380 g/mol. The predicted molar refractivity (Wildman–Crippen MR) is 105 cm³/mol. The van der Waals surface area contributed by atoms with Crippen LogP contribution in [-0.2, 0) is 14.2 Å². The smallest absolute Gasteiger partial charge is 0.407 e. The summed E-state index contributed by atoms with van der Waals surface area (Å²) in [6.07, 6.45) is 4.87. The van der Waals surface area contributed by atoms with Gasteiger partial charge in [0, 0.05) is 31.5 Å². The molecule has 6 nitrogen and oxygen atoms in total. The third-order valence-electron chi connectivity index (χ3n) is 5.68. The van der Waals surface area contributed by atoms with Crippen molar-refractivity contribution < 1.29 is 19.0 Å². The lowest BCUT2D eigenvalue weighted by atomic mass is 10.0. The minimum Gasteiger partial charge on any atom is -0.449 e. The molecule has 2 N–H and O–H groups in total. The molecule has 0 saturated heterocycles. The second kappa shape index (κ2) is 11.5. The minimum absolute atomic E-state index is 0.0929. The van der Waals surface area contributed by atoms with Gasteiger partial charge in [0.1, 0.15) is 0 Å². The fourth-order valence-corrected chi connectivity index (χ4v) is 3.50. The number of amides is 1. The van der Waals surface area contributed by atoms with Crippen LogP contribution < -0.4 is 10.6 Å². The van der Waals surface area contributed by atoms with Gasteiger partial charge in [0.15, 0.2) is 0 Å². The molecule has 0 spiro atoms. The lowest BCUT2D eigenvalue weighted by molar-refractivity contribution is 0.0416. The van der Waals surface area contributed by atoms with Crippen LogP contribution >= 0.6 is 0 Å². The Kier molecular flexibility index (Phi) is 9.40. The fourth-order valence-electron chi connectivity index (χ4n) is 3.50. The predicted octanol–water partition coefficient (Wildman–Crippen LogP) is 2.57. The van der Waals surface area contributed by atoms with Crippen LogP contribution in [0.1, 0.15) is 46.0 Å². The highest BCUT2D eigenvalue weighted by Crippen LogP contribution is 2.52. The van der Waals surface area contributed by atoms with Crippen molar-refractivity contribution in [3.63, 3.8) is 0 Å². The van der Waals surface area contributed by atoms with E-state index in [1.807, 2.05) is 7.05 Å². The van der Waals surface area contributed by atoms with Crippen molar-refractivity contribution in [2.75, 3.05) is 46.6 Å². The number of ether oxygens (including phenoxy) is 3. The number of hydrogen-bond acceptors (Lipinski definition) is 5. The van der Waals surface area contributed by atoms with Crippen molar-refractivity contribution in [3.8, 4) is 11.8 Å². The van der Waals surface area contributed by atoms with Crippen LogP contribution in [0.15, 0.2) is 0 Å². The van der Waals surface area contributed by atoms with E-state index in [2.05, 4.69) is 36.3 Å². The molecule has 1 amide bonds. The summed E-state index contributed by atoms with van der Waals surface area (Å²) in [5, 5.41) is 5.98. The van der Waals surface area contributed by atoms with Crippen molar-refractivity contribution in [3.05, 3.63) is 0 Å². The summed E-state index contributed by atoms with van der Waals surface area (Å²) in [6, 6.07) is 0. The molecule has 3 atom stereocenters. The molecule has 2 rings (SSSR count). The molecule has 0 radical (unpaired) electrons. The van der Waals surface area contributed by atoms with Gasteiger partial charge in [0.25, 0.3) is 0 Å². The number of carbonyl (C=O) groups is 1. The van der Waals surface area contributed by atoms with Crippen LogP contribution in [0.3, 0.4) is 0 Å². The molecule has 0 bridgehead atoms. The molecule has 1 saturated carbocycles. The van der Waals surface area contributed by atoms with Gasteiger partial charge in [-0.1, -0.05) is 0 Å². The van der Waals surface area contributed by atoms with E-state index in [1.54, 1.807) is 0 Å². The second-order valence-electron chi connectivity index (χ2n) is 8.06. The Balaban J connectivity index is 1.39. The minimum atomic E-state index is -0.348. The fraction of sp³-hybridized carbons (Fsp3) is 0.857. The van der Waals surface area contributed by atoms with Gasteiger partial charge in [0.05, 0.1) is 26.4 Å². The Morgan fingerprint density at radius 2 is 1.67 bits per heavy atom. The Hall–Kier alpha value is -1.29. The lowest BCUT2D eigenvalue weighted by Crippen LogP contribution is -2.37. The first kappa shape index (κ1) is 22.0. The van der Waals surface area contributed by atoms with E-state index >= 15 is 0 Å². The molecule has 2 aliphatic rings. The first-order chi connectivity index (χ1) is 13.0. The number of rotatable bonds is 12. The Bertz CT molecular complexity index is 494. The average Bonchev–Trinajstić information content (AvgIpc) is 3.27. The Morgan fingerprint density at radius 3 is 2.30 bits per heavy atom. The quantitative estimate of drug-likeness (QED) is 0.402. The molecule has 0 heterocycles. The summed E-state index contributed by atoms with van der Waals surface area (Å²) in [6.45, 7) is 7.54. The molecule has 0 aromatic carbocycles. The van der Waals surface area contributed by atoms with Gasteiger partial charge in [-0.25, -0.2) is 4.79 Å². The largest absolute Gasteiger partial charge is 0.449 e. The van der Waals surface area contributed by atoms with Crippen molar-refractivity contribution in [2.24, 2.45) is 17.8 Å². The summed E-state index contributed by atoms with van der Waals surface area (Å²) in [5.74, 6) is 8.33. The van der Waals surface area contributed by atoms with Gasteiger partial charge in [0.2, 0.25) is 0 Å². The van der Waals surface area contributed by atoms with Crippen LogP contribution in [0.4, 0.5) is 4.79 Å². The third-order valence-corrected chi connectivity index (χ3v) is 5.68. The average molecular weight is 381 g/mol. The Morgan fingerprint density at radius 1 is 1.04 bits per heavy atom. The van der Waals surface area contributed by atoms with Crippen LogP contribution in [-0.4, -0.2) is 58.3 Å². The molecular weight excluding hydrogens is 344 g/mol. The molecule has 0 aromatic rings. The highest BCUT2D eigenvalue weighted by molar-refractivity contribution is 5.67. The SMILES string of the molecule is CNC(C)(C)CCOCCOCCNC(=O)OCC1[C@H]2CCC#CCC[C@@H]12. The third kappa shape index (κ3) is 8.50. The number of hydrogen-bond donors (Lipinski definition) is 2. The zero-order valence-electron chi connectivity index (χ0n) is 17.1. The maximum absolute atomic E-state index is 11.8. The van der Waals surface area contributed by atoms with E-state index < -0.39 is 0 Å². The van der Waals surface area contributed by atoms with Crippen LogP contribution in [0.5, 0.6) is 0 Å². The van der Waals surface area contributed by atoms with E-state index in [4.69, 9.17) is 14.2 Å². The van der Waals surface area contributed by atoms with E-state index in [0.717, 1.165) is 32.1 Å². The van der Waals surface area contributed by atoms with Gasteiger partial charge in [-0.2, -0.15) is 0 Å². The maximum Gasteiger partial charge on any atom is 0.407 e. The van der Waals surface area contributed by atoms with Gasteiger partial charge in [-0.15, -0.1) is 11.8 Å². The topological polar surface area (TPSA) is 68.8 Å². The van der Waals surface area contributed by atoms with E-state index in [1.165, 1.54) is 0 Å². The van der Waals surface area contributed by atoms with Gasteiger partial charge in [-0.3, -0.25) is 0 Å². The summed E-state index contributed by atoms with van der Waals surface area (Å²) >= 11 is 0. The van der Waals surface area contributed by atoms with Crippen LogP contribution in [0.2, 0.25) is 0 Å². The Labute approximate surface area is 164 Å². The van der Waals surface area contributed by atoms with E-state index in [9.17, 15) is 4.79 Å². The van der Waals surface area contributed by atoms with Crippen LogP contribution in [0.25, 0.3) is 0 Å². The number of carbonyl (C=O) groups excluding carboxylic acids is 1. The first-order valence-corrected chi connectivity index (χ1v) is 10.2. The van der Waals surface area contributed by atoms with E-state index in [-0.39, 0.29) is 11.6 Å². The molecule has 1 fully saturated rings. The summed E-state index contributed by atoms with van der Waals surface area (Å²) in [4.78, 5) is 11.8. The highest BCUT2D eigenvalue weighted by atomic mass is 16.6. The van der Waals surface area contributed by atoms with Gasteiger partial charge >= 0.3 is 6.09 Å². The molecule has 2 aliphatic carbocycles. The second-order valence-corrected chi connectivity index (χ2v) is 8.06. The summed E-state index contributed by atoms with van der Waals surface area (Å²) < 4.78 is 16.4. The molecule has 6 heteroatoms. The zero-order valence-corrected chi connectivity index (χ0v) is 17.1. The normalized spacial score (nSPS) is 24.0. The maximum atomic E-state index is 11.8. The molecule has 27 heavy (non-hydrogen) atoms. The van der Waals surface area contributed by atoms with Crippen molar-refractivity contribution in [2.45, 2.75) is 51.5 Å². The standard InChI is InChI=1S/C21H36N2O4/c1-21(2,22-3)10-12-25-14-15-26-13-11-23-20(24)27-16-19-17-8-6-4-5-7-9-18(17)19/h17-19,22H,6-16H2,1-3H3,(H,23,24)/t17-,18+,19?. The molecule has 1 unspecified atom stereocenters. The van der Waals surface area contributed by atoms with Crippen molar-refractivity contribution in [1.82, 2.24) is 10.6 Å². The number of fused-ring (bicyclic) bond motifs is 1. The van der Waals surface area contributed by atoms with Gasteiger partial charge < -0.3 is 24.8 Å². The summed E-state index contributed by atoms with van der Waals surface area (Å²) in [5.41, 5.74) is 0.0929. The van der Waals surface area contributed by atoms with Gasteiger partial charge in [-0.05, 0) is 57.9 Å². The summed E-state index contributed by atoms with van der Waals surface area (Å²) in [7, 11) is 1.95.